The molecule has 3 nitrogen and oxygen atoms in total. The van der Waals surface area contributed by atoms with Crippen LogP contribution in [0.15, 0.2) is 0 Å². The smallest absolute Gasteiger partial charge is 0.222 e. The van der Waals surface area contributed by atoms with Crippen LogP contribution in [0.25, 0.3) is 0 Å². The summed E-state index contributed by atoms with van der Waals surface area (Å²) >= 11 is 0. The number of hydrogen-bond donors (Lipinski definition) is 1. The molecule has 1 unspecified atom stereocenters. The van der Waals surface area contributed by atoms with Crippen LogP contribution in [-0.4, -0.2) is 36.5 Å². The summed E-state index contributed by atoms with van der Waals surface area (Å²) in [5.41, 5.74) is 0.222. The quantitative estimate of drug-likeness (QED) is 0.839. The van der Waals surface area contributed by atoms with Crippen LogP contribution in [0.3, 0.4) is 0 Å². The number of hydrogen-bond acceptors (Lipinski definition) is 2. The molecule has 1 amide bonds. The van der Waals surface area contributed by atoms with Crippen molar-refractivity contribution in [3.05, 3.63) is 0 Å². The van der Waals surface area contributed by atoms with Crippen LogP contribution in [0.1, 0.15) is 59.8 Å². The second kappa shape index (κ2) is 6.46. The predicted molar refractivity (Wildman–Crippen MR) is 83.6 cm³/mol. The summed E-state index contributed by atoms with van der Waals surface area (Å²) in [4.78, 5) is 14.4. The molecule has 116 valence electrons. The van der Waals surface area contributed by atoms with Crippen molar-refractivity contribution in [2.24, 2.45) is 17.3 Å². The first-order valence-electron chi connectivity index (χ1n) is 8.37. The monoisotopic (exact) mass is 280 g/mol. The normalized spacial score (nSPS) is 22.9. The van der Waals surface area contributed by atoms with Crippen molar-refractivity contribution in [3.63, 3.8) is 0 Å². The molecule has 20 heavy (non-hydrogen) atoms. The van der Waals surface area contributed by atoms with Crippen molar-refractivity contribution in [2.45, 2.75) is 65.8 Å². The minimum atomic E-state index is 0.222. The SMILES string of the molecule is CC(CC(=O)N1CCC(NCC2CC2)CC1)C(C)(C)C. The van der Waals surface area contributed by atoms with Crippen LogP contribution in [0, 0.1) is 17.3 Å². The maximum atomic E-state index is 12.3. The van der Waals surface area contributed by atoms with E-state index < -0.39 is 0 Å². The van der Waals surface area contributed by atoms with Gasteiger partial charge in [-0.25, -0.2) is 0 Å². The fourth-order valence-electron chi connectivity index (χ4n) is 2.69. The van der Waals surface area contributed by atoms with Gasteiger partial charge in [0, 0.05) is 25.6 Å². The Morgan fingerprint density at radius 3 is 2.30 bits per heavy atom. The second-order valence-corrected chi connectivity index (χ2v) is 7.98. The first-order valence-corrected chi connectivity index (χ1v) is 8.37. The molecule has 0 spiro atoms. The van der Waals surface area contributed by atoms with E-state index in [-0.39, 0.29) is 5.41 Å². The minimum absolute atomic E-state index is 0.222. The van der Waals surface area contributed by atoms with Crippen molar-refractivity contribution in [1.29, 1.82) is 0 Å². The van der Waals surface area contributed by atoms with Gasteiger partial charge in [-0.15, -0.1) is 0 Å². The molecule has 1 saturated heterocycles. The van der Waals surface area contributed by atoms with Gasteiger partial charge in [-0.1, -0.05) is 27.7 Å². The van der Waals surface area contributed by atoms with Crippen molar-refractivity contribution >= 4 is 5.91 Å². The van der Waals surface area contributed by atoms with Gasteiger partial charge in [0.2, 0.25) is 5.91 Å². The van der Waals surface area contributed by atoms with Gasteiger partial charge in [0.05, 0.1) is 0 Å². The highest BCUT2D eigenvalue weighted by molar-refractivity contribution is 5.76. The van der Waals surface area contributed by atoms with E-state index in [1.54, 1.807) is 0 Å². The van der Waals surface area contributed by atoms with E-state index in [1.807, 2.05) is 0 Å². The molecule has 1 atom stereocenters. The van der Waals surface area contributed by atoms with E-state index in [0.717, 1.165) is 31.8 Å². The molecule has 2 aliphatic rings. The number of carbonyl (C=O) groups excluding carboxylic acids is 1. The molecule has 0 aromatic heterocycles. The van der Waals surface area contributed by atoms with Crippen LogP contribution in [0.4, 0.5) is 0 Å². The lowest BCUT2D eigenvalue weighted by Crippen LogP contribution is -2.46. The van der Waals surface area contributed by atoms with Crippen LogP contribution >= 0.6 is 0 Å². The standard InChI is InChI=1S/C17H32N2O/c1-13(17(2,3)4)11-16(20)19-9-7-15(8-10-19)18-12-14-5-6-14/h13-15,18H,5-12H2,1-4H3. The van der Waals surface area contributed by atoms with E-state index in [4.69, 9.17) is 0 Å². The highest BCUT2D eigenvalue weighted by atomic mass is 16.2. The molecule has 2 fully saturated rings. The Hall–Kier alpha value is -0.570. The number of piperidine rings is 1. The maximum Gasteiger partial charge on any atom is 0.222 e. The van der Waals surface area contributed by atoms with Crippen LogP contribution < -0.4 is 5.32 Å². The van der Waals surface area contributed by atoms with E-state index in [1.165, 1.54) is 19.4 Å². The molecule has 0 radical (unpaired) electrons. The van der Waals surface area contributed by atoms with Gasteiger partial charge in [-0.2, -0.15) is 0 Å². The van der Waals surface area contributed by atoms with Gasteiger partial charge < -0.3 is 10.2 Å². The summed E-state index contributed by atoms with van der Waals surface area (Å²) in [5.74, 6) is 1.75. The Kier molecular flexibility index (Phi) is 5.11. The summed E-state index contributed by atoms with van der Waals surface area (Å²) in [6.45, 7) is 11.9. The molecule has 1 saturated carbocycles. The number of nitrogens with zero attached hydrogens (tertiary/aromatic N) is 1. The summed E-state index contributed by atoms with van der Waals surface area (Å²) in [5, 5.41) is 3.67. The van der Waals surface area contributed by atoms with E-state index in [2.05, 4.69) is 37.9 Å². The van der Waals surface area contributed by atoms with Crippen LogP contribution in [-0.2, 0) is 4.79 Å². The average molecular weight is 280 g/mol. The van der Waals surface area contributed by atoms with Crippen molar-refractivity contribution < 1.29 is 4.79 Å². The molecule has 1 N–H and O–H groups in total. The molecule has 1 aliphatic carbocycles. The molecule has 2 rings (SSSR count). The zero-order valence-corrected chi connectivity index (χ0v) is 13.7. The first kappa shape index (κ1) is 15.8. The Morgan fingerprint density at radius 2 is 1.80 bits per heavy atom. The lowest BCUT2D eigenvalue weighted by molar-refractivity contribution is -0.134. The molecule has 0 aromatic carbocycles. The summed E-state index contributed by atoms with van der Waals surface area (Å²) in [7, 11) is 0. The van der Waals surface area contributed by atoms with Gasteiger partial charge in [0.1, 0.15) is 0 Å². The fourth-order valence-corrected chi connectivity index (χ4v) is 2.69. The van der Waals surface area contributed by atoms with Gasteiger partial charge in [-0.3, -0.25) is 4.79 Å². The topological polar surface area (TPSA) is 32.3 Å². The predicted octanol–water partition coefficient (Wildman–Crippen LogP) is 3.05. The Morgan fingerprint density at radius 1 is 1.20 bits per heavy atom. The molecule has 3 heteroatoms. The third kappa shape index (κ3) is 4.76. The number of carbonyl (C=O) groups is 1. The van der Waals surface area contributed by atoms with E-state index in [9.17, 15) is 4.79 Å². The number of rotatable bonds is 5. The van der Waals surface area contributed by atoms with Gasteiger partial charge in [0.25, 0.3) is 0 Å². The maximum absolute atomic E-state index is 12.3. The number of amides is 1. The van der Waals surface area contributed by atoms with Gasteiger partial charge >= 0.3 is 0 Å². The molecule has 0 aromatic rings. The highest BCUT2D eigenvalue weighted by Gasteiger charge is 2.28. The first-order chi connectivity index (χ1) is 9.36. The number of likely N-dealkylation sites (tertiary alicyclic amines) is 1. The molecular formula is C17H32N2O. The lowest BCUT2D eigenvalue weighted by Gasteiger charge is -2.35. The summed E-state index contributed by atoms with van der Waals surface area (Å²) < 4.78 is 0. The summed E-state index contributed by atoms with van der Waals surface area (Å²) in [6.07, 6.45) is 5.78. The lowest BCUT2D eigenvalue weighted by atomic mass is 9.80. The van der Waals surface area contributed by atoms with Gasteiger partial charge in [0.15, 0.2) is 0 Å². The van der Waals surface area contributed by atoms with Crippen molar-refractivity contribution in [1.82, 2.24) is 10.2 Å². The van der Waals surface area contributed by atoms with E-state index >= 15 is 0 Å². The molecule has 1 aliphatic heterocycles. The Labute approximate surface area is 124 Å². The Balaban J connectivity index is 1.68. The third-order valence-electron chi connectivity index (χ3n) is 5.20. The van der Waals surface area contributed by atoms with Gasteiger partial charge in [-0.05, 0) is 49.5 Å². The largest absolute Gasteiger partial charge is 0.343 e. The van der Waals surface area contributed by atoms with Crippen LogP contribution in [0.5, 0.6) is 0 Å². The summed E-state index contributed by atoms with van der Waals surface area (Å²) in [6, 6.07) is 0.639. The highest BCUT2D eigenvalue weighted by Crippen LogP contribution is 2.29. The van der Waals surface area contributed by atoms with Crippen LogP contribution in [0.2, 0.25) is 0 Å². The van der Waals surface area contributed by atoms with Crippen molar-refractivity contribution in [2.75, 3.05) is 19.6 Å². The average Bonchev–Trinajstić information content (AvgIpc) is 3.19. The van der Waals surface area contributed by atoms with Crippen molar-refractivity contribution in [3.8, 4) is 0 Å². The molecule has 1 heterocycles. The molecule has 0 bridgehead atoms. The minimum Gasteiger partial charge on any atom is -0.343 e. The van der Waals surface area contributed by atoms with E-state index in [0.29, 0.717) is 24.3 Å². The number of nitrogens with one attached hydrogen (secondary N) is 1. The zero-order valence-electron chi connectivity index (χ0n) is 13.7. The fraction of sp³-hybridized carbons (Fsp3) is 0.941. The molecular weight excluding hydrogens is 248 g/mol. The third-order valence-corrected chi connectivity index (χ3v) is 5.20. The Bertz CT molecular complexity index is 322. The second-order valence-electron chi connectivity index (χ2n) is 7.98. The zero-order chi connectivity index (χ0) is 14.8.